The Hall–Kier alpha value is -1.62. The summed E-state index contributed by atoms with van der Waals surface area (Å²) in [5.41, 5.74) is 4.28. The summed E-state index contributed by atoms with van der Waals surface area (Å²) in [6.07, 6.45) is 3.13. The van der Waals surface area contributed by atoms with Gasteiger partial charge >= 0.3 is 0 Å². The highest BCUT2D eigenvalue weighted by Crippen LogP contribution is 2.46. The van der Waals surface area contributed by atoms with Crippen LogP contribution in [0.15, 0.2) is 35.3 Å². The third-order valence-corrected chi connectivity index (χ3v) is 3.89. The third kappa shape index (κ3) is 1.64. The minimum Gasteiger partial charge on any atom is -0.457 e. The number of hydrogen-bond donors (Lipinski definition) is 1. The van der Waals surface area contributed by atoms with E-state index in [0.29, 0.717) is 0 Å². The lowest BCUT2D eigenvalue weighted by atomic mass is 9.70. The number of hydrogen-bond acceptors (Lipinski definition) is 3. The maximum atomic E-state index is 14.2. The molecule has 6 heteroatoms. The van der Waals surface area contributed by atoms with Gasteiger partial charge in [-0.25, -0.2) is 13.8 Å². The smallest absolute Gasteiger partial charge is 0.283 e. The average molecular weight is 285 g/mol. The van der Waals surface area contributed by atoms with Crippen molar-refractivity contribution < 1.29 is 13.5 Å². The van der Waals surface area contributed by atoms with E-state index in [1.54, 1.807) is 18.2 Å². The van der Waals surface area contributed by atoms with Gasteiger partial charge in [0.2, 0.25) is 0 Å². The van der Waals surface area contributed by atoms with Gasteiger partial charge in [0.25, 0.3) is 6.02 Å². The van der Waals surface area contributed by atoms with Gasteiger partial charge in [0.1, 0.15) is 24.1 Å². The fraction of sp³-hybridized carbons (Fsp3) is 0.308. The van der Waals surface area contributed by atoms with E-state index in [0.717, 1.165) is 0 Å². The number of ether oxygens (including phenoxy) is 1. The van der Waals surface area contributed by atoms with Crippen molar-refractivity contribution in [3.8, 4) is 0 Å². The number of nitrogens with zero attached hydrogens (tertiary/aromatic N) is 1. The molecule has 1 aromatic rings. The first-order valence-electron chi connectivity index (χ1n) is 5.79. The van der Waals surface area contributed by atoms with Crippen LogP contribution in [0.4, 0.5) is 8.78 Å². The van der Waals surface area contributed by atoms with Crippen molar-refractivity contribution in [2.75, 3.05) is 6.67 Å². The number of amidine groups is 1. The molecule has 0 aromatic heterocycles. The normalized spacial score (nSPS) is 32.1. The Bertz CT molecular complexity index is 590. The lowest BCUT2D eigenvalue weighted by Crippen LogP contribution is -2.52. The van der Waals surface area contributed by atoms with E-state index >= 15 is 0 Å². The SMILES string of the molecule is NC1=NC(CF)(c2cccc(Cl)c2F)[C@H]2C=C[C@H]2O1. The van der Waals surface area contributed by atoms with Crippen LogP contribution in [0.25, 0.3) is 0 Å². The molecule has 1 aliphatic heterocycles. The zero-order valence-electron chi connectivity index (χ0n) is 9.82. The monoisotopic (exact) mass is 284 g/mol. The summed E-state index contributed by atoms with van der Waals surface area (Å²) in [6.45, 7) is -0.875. The number of nitrogens with two attached hydrogens (primary N) is 1. The number of rotatable bonds is 2. The lowest BCUT2D eigenvalue weighted by Gasteiger charge is -2.45. The molecule has 2 aliphatic rings. The highest BCUT2D eigenvalue weighted by molar-refractivity contribution is 6.30. The molecule has 0 amide bonds. The van der Waals surface area contributed by atoms with E-state index in [1.807, 2.05) is 0 Å². The van der Waals surface area contributed by atoms with E-state index in [1.165, 1.54) is 12.1 Å². The summed E-state index contributed by atoms with van der Waals surface area (Å²) in [4.78, 5) is 4.03. The summed E-state index contributed by atoms with van der Waals surface area (Å²) in [6, 6.07) is 4.32. The second-order valence-corrected chi connectivity index (χ2v) is 5.01. The number of halogens is 3. The molecule has 0 bridgehead atoms. The molecular formula is C13H11ClF2N2O. The van der Waals surface area contributed by atoms with Gasteiger partial charge < -0.3 is 10.5 Å². The Morgan fingerprint density at radius 3 is 2.84 bits per heavy atom. The number of alkyl halides is 1. The quantitative estimate of drug-likeness (QED) is 0.849. The van der Waals surface area contributed by atoms with Crippen molar-refractivity contribution in [3.63, 3.8) is 0 Å². The molecule has 0 saturated carbocycles. The van der Waals surface area contributed by atoms with Crippen molar-refractivity contribution in [1.82, 2.24) is 0 Å². The van der Waals surface area contributed by atoms with Crippen LogP contribution in [-0.2, 0) is 10.3 Å². The van der Waals surface area contributed by atoms with E-state index in [9.17, 15) is 8.78 Å². The summed E-state index contributed by atoms with van der Waals surface area (Å²) < 4.78 is 33.1. The highest BCUT2D eigenvalue weighted by Gasteiger charge is 2.52. The molecule has 1 aliphatic carbocycles. The fourth-order valence-corrected chi connectivity index (χ4v) is 2.74. The Balaban J connectivity index is 2.20. The second kappa shape index (κ2) is 4.20. The van der Waals surface area contributed by atoms with E-state index < -0.39 is 18.0 Å². The third-order valence-electron chi connectivity index (χ3n) is 3.60. The molecule has 100 valence electrons. The second-order valence-electron chi connectivity index (χ2n) is 4.60. The molecule has 0 saturated heterocycles. The van der Waals surface area contributed by atoms with E-state index in [4.69, 9.17) is 22.1 Å². The number of benzene rings is 1. The van der Waals surface area contributed by atoms with Crippen LogP contribution >= 0.6 is 11.6 Å². The standard InChI is InChI=1S/C13H11ClF2N2O/c14-9-3-1-2-8(11(9)16)13(6-15)7-4-5-10(7)19-12(17)18-13/h1-5,7,10H,6H2,(H2,17,18)/t7-,10+,13?/m0/s1. The molecule has 0 radical (unpaired) electrons. The molecule has 3 nitrogen and oxygen atoms in total. The average Bonchev–Trinajstić information content (AvgIpc) is 2.36. The van der Waals surface area contributed by atoms with Gasteiger partial charge in [-0.1, -0.05) is 29.8 Å². The van der Waals surface area contributed by atoms with Crippen molar-refractivity contribution in [1.29, 1.82) is 0 Å². The molecule has 0 spiro atoms. The molecule has 1 aromatic carbocycles. The molecule has 3 rings (SSSR count). The van der Waals surface area contributed by atoms with Crippen LogP contribution in [0.2, 0.25) is 5.02 Å². The van der Waals surface area contributed by atoms with Crippen LogP contribution in [-0.4, -0.2) is 18.8 Å². The summed E-state index contributed by atoms with van der Waals surface area (Å²) in [5, 5.41) is -0.0644. The fourth-order valence-electron chi connectivity index (χ4n) is 2.56. The van der Waals surface area contributed by atoms with Gasteiger partial charge in [0, 0.05) is 5.56 Å². The Kier molecular flexibility index (Phi) is 2.74. The van der Waals surface area contributed by atoms with E-state index in [-0.39, 0.29) is 28.6 Å². The topological polar surface area (TPSA) is 47.6 Å². The molecular weight excluding hydrogens is 274 g/mol. The maximum Gasteiger partial charge on any atom is 0.283 e. The van der Waals surface area contributed by atoms with Crippen LogP contribution in [0, 0.1) is 11.7 Å². The summed E-state index contributed by atoms with van der Waals surface area (Å²) >= 11 is 5.76. The predicted octanol–water partition coefficient (Wildman–Crippen LogP) is 2.54. The van der Waals surface area contributed by atoms with Gasteiger partial charge in [-0.2, -0.15) is 0 Å². The van der Waals surface area contributed by atoms with Gasteiger partial charge in [0.05, 0.1) is 10.9 Å². The molecule has 1 heterocycles. The molecule has 3 atom stereocenters. The van der Waals surface area contributed by atoms with Gasteiger partial charge in [-0.05, 0) is 12.1 Å². The zero-order chi connectivity index (χ0) is 13.6. The van der Waals surface area contributed by atoms with Crippen LogP contribution in [0.3, 0.4) is 0 Å². The molecule has 2 N–H and O–H groups in total. The van der Waals surface area contributed by atoms with Crippen LogP contribution in [0.5, 0.6) is 0 Å². The molecule has 1 unspecified atom stereocenters. The Morgan fingerprint density at radius 1 is 1.42 bits per heavy atom. The van der Waals surface area contributed by atoms with Crippen molar-refractivity contribution in [3.05, 3.63) is 46.8 Å². The Labute approximate surface area is 113 Å². The van der Waals surface area contributed by atoms with Gasteiger partial charge in [-0.15, -0.1) is 0 Å². The van der Waals surface area contributed by atoms with E-state index in [2.05, 4.69) is 4.99 Å². The minimum atomic E-state index is -1.39. The van der Waals surface area contributed by atoms with Crippen molar-refractivity contribution >= 4 is 17.6 Å². The van der Waals surface area contributed by atoms with Crippen LogP contribution < -0.4 is 5.73 Å². The largest absolute Gasteiger partial charge is 0.457 e. The predicted molar refractivity (Wildman–Crippen MR) is 68.2 cm³/mol. The first-order chi connectivity index (χ1) is 9.08. The summed E-state index contributed by atoms with van der Waals surface area (Å²) in [5.74, 6) is -1.04. The van der Waals surface area contributed by atoms with Crippen LogP contribution in [0.1, 0.15) is 5.56 Å². The highest BCUT2D eigenvalue weighted by atomic mass is 35.5. The van der Waals surface area contributed by atoms with Gasteiger partial charge in [-0.3, -0.25) is 0 Å². The maximum absolute atomic E-state index is 14.2. The minimum absolute atomic E-state index is 0.0644. The zero-order valence-corrected chi connectivity index (χ0v) is 10.6. The van der Waals surface area contributed by atoms with Crippen molar-refractivity contribution in [2.24, 2.45) is 16.6 Å². The molecule has 19 heavy (non-hydrogen) atoms. The lowest BCUT2D eigenvalue weighted by molar-refractivity contribution is 0.0641. The number of aliphatic imine (C=N–C) groups is 1. The Morgan fingerprint density at radius 2 is 2.21 bits per heavy atom. The van der Waals surface area contributed by atoms with Gasteiger partial charge in [0.15, 0.2) is 0 Å². The molecule has 0 fully saturated rings. The first kappa shape index (κ1) is 12.4. The summed E-state index contributed by atoms with van der Waals surface area (Å²) in [7, 11) is 0. The van der Waals surface area contributed by atoms with Crippen molar-refractivity contribution in [2.45, 2.75) is 11.6 Å². The first-order valence-corrected chi connectivity index (χ1v) is 6.17. The number of fused-ring (bicyclic) bond motifs is 1.